The molecule has 0 atom stereocenters. The van der Waals surface area contributed by atoms with Crippen LogP contribution in [0.15, 0.2) is 29.3 Å². The predicted octanol–water partition coefficient (Wildman–Crippen LogP) is 1.65. The van der Waals surface area contributed by atoms with E-state index in [9.17, 15) is 4.79 Å². The fourth-order valence-corrected chi connectivity index (χ4v) is 2.08. The van der Waals surface area contributed by atoms with E-state index in [1.165, 1.54) is 0 Å². The van der Waals surface area contributed by atoms with Crippen molar-refractivity contribution >= 4 is 11.9 Å². The largest absolute Gasteiger partial charge is 0.497 e. The van der Waals surface area contributed by atoms with E-state index in [2.05, 4.69) is 34.8 Å². The lowest BCUT2D eigenvalue weighted by atomic mass is 10.1. The number of guanidine groups is 1. The molecule has 0 aliphatic heterocycles. The lowest BCUT2D eigenvalue weighted by molar-refractivity contribution is 0.0954. The Morgan fingerprint density at radius 3 is 2.31 bits per heavy atom. The number of hydrogen-bond donors (Lipinski definition) is 3. The number of carbonyl (C=O) groups is 1. The standard InChI is InChI=1S/C19H32N4O3/c1-15(2)9-13-26-14-12-23-19(20-3)22-11-10-21-18(24)16-5-7-17(25-4)8-6-16/h5-8,15H,9-14H2,1-4H3,(H,21,24)(H2,20,22,23). The predicted molar refractivity (Wildman–Crippen MR) is 105 cm³/mol. The van der Waals surface area contributed by atoms with Gasteiger partial charge < -0.3 is 25.4 Å². The second-order valence-corrected chi connectivity index (χ2v) is 6.21. The molecule has 1 aromatic carbocycles. The molecule has 1 amide bonds. The van der Waals surface area contributed by atoms with Gasteiger partial charge in [-0.15, -0.1) is 0 Å². The summed E-state index contributed by atoms with van der Waals surface area (Å²) < 4.78 is 10.6. The fourth-order valence-electron chi connectivity index (χ4n) is 2.08. The normalized spacial score (nSPS) is 11.3. The third kappa shape index (κ3) is 9.27. The van der Waals surface area contributed by atoms with Crippen molar-refractivity contribution in [2.24, 2.45) is 10.9 Å². The number of benzene rings is 1. The van der Waals surface area contributed by atoms with Gasteiger partial charge in [-0.3, -0.25) is 9.79 Å². The van der Waals surface area contributed by atoms with Crippen LogP contribution >= 0.6 is 0 Å². The van der Waals surface area contributed by atoms with Crippen LogP contribution in [-0.4, -0.2) is 58.9 Å². The monoisotopic (exact) mass is 364 g/mol. The minimum atomic E-state index is -0.115. The zero-order valence-electron chi connectivity index (χ0n) is 16.3. The fraction of sp³-hybridized carbons (Fsp3) is 0.579. The molecular formula is C19H32N4O3. The third-order valence-corrected chi connectivity index (χ3v) is 3.66. The van der Waals surface area contributed by atoms with E-state index in [0.717, 1.165) is 18.8 Å². The Kier molecular flexibility index (Phi) is 10.9. The van der Waals surface area contributed by atoms with E-state index in [0.29, 0.717) is 43.7 Å². The summed E-state index contributed by atoms with van der Waals surface area (Å²) in [7, 11) is 3.31. The van der Waals surface area contributed by atoms with Gasteiger partial charge in [-0.25, -0.2) is 0 Å². The van der Waals surface area contributed by atoms with Crippen LogP contribution in [0.25, 0.3) is 0 Å². The van der Waals surface area contributed by atoms with E-state index in [1.54, 1.807) is 38.4 Å². The molecule has 0 radical (unpaired) electrons. The summed E-state index contributed by atoms with van der Waals surface area (Å²) in [6, 6.07) is 7.01. The molecule has 0 fully saturated rings. The minimum absolute atomic E-state index is 0.115. The molecule has 0 saturated carbocycles. The van der Waals surface area contributed by atoms with Crippen LogP contribution in [0.5, 0.6) is 5.75 Å². The highest BCUT2D eigenvalue weighted by Crippen LogP contribution is 2.10. The minimum Gasteiger partial charge on any atom is -0.497 e. The number of rotatable bonds is 11. The molecule has 0 bridgehead atoms. The Bertz CT molecular complexity index is 544. The number of carbonyl (C=O) groups excluding carboxylic acids is 1. The molecular weight excluding hydrogens is 332 g/mol. The maximum Gasteiger partial charge on any atom is 0.251 e. The van der Waals surface area contributed by atoms with E-state index >= 15 is 0 Å². The smallest absolute Gasteiger partial charge is 0.251 e. The lowest BCUT2D eigenvalue weighted by Crippen LogP contribution is -2.42. The first kappa shape index (κ1) is 21.8. The van der Waals surface area contributed by atoms with Gasteiger partial charge in [0, 0.05) is 38.9 Å². The molecule has 1 rings (SSSR count). The van der Waals surface area contributed by atoms with Gasteiger partial charge in [0.1, 0.15) is 5.75 Å². The topological polar surface area (TPSA) is 84.0 Å². The molecule has 26 heavy (non-hydrogen) atoms. The highest BCUT2D eigenvalue weighted by molar-refractivity contribution is 5.94. The van der Waals surface area contributed by atoms with Gasteiger partial charge in [-0.05, 0) is 36.6 Å². The number of hydrogen-bond acceptors (Lipinski definition) is 4. The van der Waals surface area contributed by atoms with Crippen LogP contribution in [0.1, 0.15) is 30.6 Å². The summed E-state index contributed by atoms with van der Waals surface area (Å²) in [6.07, 6.45) is 1.07. The van der Waals surface area contributed by atoms with Gasteiger partial charge in [-0.2, -0.15) is 0 Å². The molecule has 7 nitrogen and oxygen atoms in total. The lowest BCUT2D eigenvalue weighted by Gasteiger charge is -2.13. The van der Waals surface area contributed by atoms with Gasteiger partial charge in [0.05, 0.1) is 13.7 Å². The average Bonchev–Trinajstić information content (AvgIpc) is 2.65. The van der Waals surface area contributed by atoms with Crippen molar-refractivity contribution in [3.63, 3.8) is 0 Å². The second kappa shape index (κ2) is 13.0. The third-order valence-electron chi connectivity index (χ3n) is 3.66. The van der Waals surface area contributed by atoms with Crippen molar-refractivity contribution in [2.45, 2.75) is 20.3 Å². The highest BCUT2D eigenvalue weighted by atomic mass is 16.5. The Hall–Kier alpha value is -2.28. The number of nitrogens with one attached hydrogen (secondary N) is 3. The Morgan fingerprint density at radius 2 is 1.69 bits per heavy atom. The molecule has 1 aromatic rings. The van der Waals surface area contributed by atoms with Gasteiger partial charge in [0.15, 0.2) is 5.96 Å². The molecule has 0 saturated heterocycles. The molecule has 0 aromatic heterocycles. The number of nitrogens with zero attached hydrogens (tertiary/aromatic N) is 1. The van der Waals surface area contributed by atoms with Crippen molar-refractivity contribution in [3.8, 4) is 5.75 Å². The summed E-state index contributed by atoms with van der Waals surface area (Å²) in [5.41, 5.74) is 0.604. The molecule has 0 aliphatic rings. The van der Waals surface area contributed by atoms with Gasteiger partial charge in [-0.1, -0.05) is 13.8 Å². The number of methoxy groups -OCH3 is 1. The molecule has 0 heterocycles. The van der Waals surface area contributed by atoms with Crippen LogP contribution in [0.2, 0.25) is 0 Å². The molecule has 3 N–H and O–H groups in total. The van der Waals surface area contributed by atoms with Crippen molar-refractivity contribution in [1.29, 1.82) is 0 Å². The van der Waals surface area contributed by atoms with Crippen LogP contribution < -0.4 is 20.7 Å². The number of amides is 1. The Labute approximate surface area is 156 Å². The maximum absolute atomic E-state index is 12.0. The summed E-state index contributed by atoms with van der Waals surface area (Å²) in [5, 5.41) is 9.19. The van der Waals surface area contributed by atoms with Gasteiger partial charge in [0.25, 0.3) is 5.91 Å². The SMILES string of the molecule is CN=C(NCCNC(=O)c1ccc(OC)cc1)NCCOCCC(C)C. The van der Waals surface area contributed by atoms with E-state index in [-0.39, 0.29) is 5.91 Å². The van der Waals surface area contributed by atoms with Crippen molar-refractivity contribution in [1.82, 2.24) is 16.0 Å². The second-order valence-electron chi connectivity index (χ2n) is 6.21. The highest BCUT2D eigenvalue weighted by Gasteiger charge is 2.05. The average molecular weight is 364 g/mol. The van der Waals surface area contributed by atoms with Gasteiger partial charge in [0.2, 0.25) is 0 Å². The zero-order chi connectivity index (χ0) is 19.2. The molecule has 0 aliphatic carbocycles. The van der Waals surface area contributed by atoms with Gasteiger partial charge >= 0.3 is 0 Å². The number of ether oxygens (including phenoxy) is 2. The first-order valence-corrected chi connectivity index (χ1v) is 9.01. The molecule has 0 spiro atoms. The Balaban J connectivity index is 2.15. The number of aliphatic imine (C=N–C) groups is 1. The molecule has 0 unspecified atom stereocenters. The summed E-state index contributed by atoms with van der Waals surface area (Å²) in [6.45, 7) is 7.55. The van der Waals surface area contributed by atoms with Crippen LogP contribution in [0.4, 0.5) is 0 Å². The van der Waals surface area contributed by atoms with E-state index in [1.807, 2.05) is 0 Å². The van der Waals surface area contributed by atoms with Crippen molar-refractivity contribution in [2.75, 3.05) is 47.0 Å². The van der Waals surface area contributed by atoms with E-state index in [4.69, 9.17) is 9.47 Å². The van der Waals surface area contributed by atoms with E-state index < -0.39 is 0 Å². The van der Waals surface area contributed by atoms with Crippen LogP contribution in [-0.2, 0) is 4.74 Å². The quantitative estimate of drug-likeness (QED) is 0.316. The summed E-state index contributed by atoms with van der Waals surface area (Å²) in [5.74, 6) is 1.96. The summed E-state index contributed by atoms with van der Waals surface area (Å²) >= 11 is 0. The van der Waals surface area contributed by atoms with Crippen molar-refractivity contribution in [3.05, 3.63) is 29.8 Å². The maximum atomic E-state index is 12.0. The molecule has 7 heteroatoms. The summed E-state index contributed by atoms with van der Waals surface area (Å²) in [4.78, 5) is 16.2. The zero-order valence-corrected chi connectivity index (χ0v) is 16.3. The first-order chi connectivity index (χ1) is 12.6. The van der Waals surface area contributed by atoms with Crippen LogP contribution in [0.3, 0.4) is 0 Å². The Morgan fingerprint density at radius 1 is 1.04 bits per heavy atom. The molecule has 146 valence electrons. The van der Waals surface area contributed by atoms with Crippen molar-refractivity contribution < 1.29 is 14.3 Å². The van der Waals surface area contributed by atoms with Crippen LogP contribution in [0, 0.1) is 5.92 Å². The first-order valence-electron chi connectivity index (χ1n) is 9.01.